The zero-order valence-corrected chi connectivity index (χ0v) is 11.7. The molecule has 0 aliphatic heterocycles. The first-order valence-corrected chi connectivity index (χ1v) is 6.57. The van der Waals surface area contributed by atoms with E-state index in [-0.39, 0.29) is 11.9 Å². The first-order valence-electron chi connectivity index (χ1n) is 6.20. The summed E-state index contributed by atoms with van der Waals surface area (Å²) < 4.78 is 0. The topological polar surface area (TPSA) is 29.1 Å². The maximum atomic E-state index is 12.2. The van der Waals surface area contributed by atoms with E-state index in [4.69, 9.17) is 11.6 Å². The lowest BCUT2D eigenvalue weighted by molar-refractivity contribution is 0.0940. The van der Waals surface area contributed by atoms with Crippen LogP contribution in [0.15, 0.2) is 48.5 Å². The van der Waals surface area contributed by atoms with Crippen LogP contribution in [0.2, 0.25) is 5.02 Å². The summed E-state index contributed by atoms with van der Waals surface area (Å²) in [5, 5.41) is 3.43. The Kier molecular flexibility index (Phi) is 4.23. The van der Waals surface area contributed by atoms with Crippen LogP contribution in [0.1, 0.15) is 34.5 Å². The summed E-state index contributed by atoms with van der Waals surface area (Å²) in [5.41, 5.74) is 2.62. The summed E-state index contributed by atoms with van der Waals surface area (Å²) in [5.74, 6) is -0.152. The van der Waals surface area contributed by atoms with Gasteiger partial charge in [0.2, 0.25) is 0 Å². The van der Waals surface area contributed by atoms with Crippen LogP contribution >= 0.6 is 11.6 Å². The zero-order valence-electron chi connectivity index (χ0n) is 11.0. The van der Waals surface area contributed by atoms with Gasteiger partial charge in [0.25, 0.3) is 5.91 Å². The third-order valence-corrected chi connectivity index (χ3v) is 3.33. The maximum absolute atomic E-state index is 12.2. The molecule has 0 fully saturated rings. The Hall–Kier alpha value is -1.80. The number of amides is 1. The molecule has 0 bridgehead atoms. The highest BCUT2D eigenvalue weighted by Crippen LogP contribution is 2.19. The van der Waals surface area contributed by atoms with E-state index in [2.05, 4.69) is 5.32 Å². The van der Waals surface area contributed by atoms with Crippen LogP contribution < -0.4 is 5.32 Å². The predicted octanol–water partition coefficient (Wildman–Crippen LogP) is 4.14. The molecule has 2 aromatic carbocycles. The molecule has 1 atom stereocenters. The van der Waals surface area contributed by atoms with Gasteiger partial charge in [-0.2, -0.15) is 0 Å². The van der Waals surface area contributed by atoms with Crippen LogP contribution in [0.5, 0.6) is 0 Å². The smallest absolute Gasteiger partial charge is 0.253 e. The first-order chi connectivity index (χ1) is 9.08. The number of hydrogen-bond donors (Lipinski definition) is 1. The number of carbonyl (C=O) groups is 1. The Labute approximate surface area is 118 Å². The van der Waals surface area contributed by atoms with Crippen molar-refractivity contribution in [3.8, 4) is 0 Å². The van der Waals surface area contributed by atoms with E-state index in [1.165, 1.54) is 0 Å². The van der Waals surface area contributed by atoms with Crippen LogP contribution in [0.3, 0.4) is 0 Å². The van der Waals surface area contributed by atoms with Crippen LogP contribution in [0.4, 0.5) is 0 Å². The molecule has 0 radical (unpaired) electrons. The lowest BCUT2D eigenvalue weighted by Crippen LogP contribution is -2.26. The fourth-order valence-corrected chi connectivity index (χ4v) is 2.22. The van der Waals surface area contributed by atoms with Gasteiger partial charge in [-0.1, -0.05) is 48.0 Å². The lowest BCUT2D eigenvalue weighted by atomic mass is 10.1. The molecule has 2 rings (SSSR count). The third kappa shape index (κ3) is 3.36. The lowest BCUT2D eigenvalue weighted by Gasteiger charge is -2.15. The van der Waals surface area contributed by atoms with E-state index in [9.17, 15) is 4.79 Å². The summed E-state index contributed by atoms with van der Waals surface area (Å²) in [4.78, 5) is 12.2. The standard InChI is InChI=1S/C16H16ClNO/c1-11-8-9-14(15(17)10-11)16(19)18-12(2)13-6-4-3-5-7-13/h3-10,12H,1-2H3,(H,18,19). The predicted molar refractivity (Wildman–Crippen MR) is 78.5 cm³/mol. The molecule has 0 saturated heterocycles. The van der Waals surface area contributed by atoms with Crippen LogP contribution in [0, 0.1) is 6.92 Å². The van der Waals surface area contributed by atoms with Gasteiger partial charge in [-0.05, 0) is 37.1 Å². The maximum Gasteiger partial charge on any atom is 0.253 e. The number of rotatable bonds is 3. The normalized spacial score (nSPS) is 11.9. The summed E-state index contributed by atoms with van der Waals surface area (Å²) in [7, 11) is 0. The van der Waals surface area contributed by atoms with Gasteiger partial charge in [-0.25, -0.2) is 0 Å². The van der Waals surface area contributed by atoms with Crippen molar-refractivity contribution in [2.24, 2.45) is 0 Å². The SMILES string of the molecule is Cc1ccc(C(=O)NC(C)c2ccccc2)c(Cl)c1. The zero-order chi connectivity index (χ0) is 13.8. The highest BCUT2D eigenvalue weighted by molar-refractivity contribution is 6.33. The Morgan fingerprint density at radius 2 is 1.84 bits per heavy atom. The number of aryl methyl sites for hydroxylation is 1. The number of hydrogen-bond acceptors (Lipinski definition) is 1. The molecule has 0 aliphatic rings. The molecular weight excluding hydrogens is 258 g/mol. The summed E-state index contributed by atoms with van der Waals surface area (Å²) in [6, 6.07) is 15.2. The number of carbonyl (C=O) groups excluding carboxylic acids is 1. The van der Waals surface area contributed by atoms with Gasteiger partial charge in [-0.15, -0.1) is 0 Å². The van der Waals surface area contributed by atoms with Gasteiger partial charge >= 0.3 is 0 Å². The Morgan fingerprint density at radius 1 is 1.16 bits per heavy atom. The molecule has 0 saturated carbocycles. The van der Waals surface area contributed by atoms with Gasteiger partial charge < -0.3 is 5.32 Å². The second kappa shape index (κ2) is 5.89. The molecule has 0 spiro atoms. The molecule has 0 aromatic heterocycles. The molecule has 2 aromatic rings. The highest BCUT2D eigenvalue weighted by atomic mass is 35.5. The molecular formula is C16H16ClNO. The minimum atomic E-state index is -0.152. The molecule has 98 valence electrons. The fourth-order valence-electron chi connectivity index (χ4n) is 1.90. The fraction of sp³-hybridized carbons (Fsp3) is 0.188. The molecule has 1 unspecified atom stereocenters. The van der Waals surface area contributed by atoms with Crippen LogP contribution in [-0.4, -0.2) is 5.91 Å². The first kappa shape index (κ1) is 13.6. The quantitative estimate of drug-likeness (QED) is 0.895. The Balaban J connectivity index is 2.13. The summed E-state index contributed by atoms with van der Waals surface area (Å²) in [6.07, 6.45) is 0. The van der Waals surface area contributed by atoms with E-state index in [1.807, 2.05) is 50.2 Å². The van der Waals surface area contributed by atoms with E-state index in [0.717, 1.165) is 11.1 Å². The second-order valence-electron chi connectivity index (χ2n) is 4.59. The van der Waals surface area contributed by atoms with Gasteiger partial charge in [0.1, 0.15) is 0 Å². The van der Waals surface area contributed by atoms with Gasteiger partial charge in [0, 0.05) is 0 Å². The average Bonchev–Trinajstić information content (AvgIpc) is 2.39. The van der Waals surface area contributed by atoms with E-state index < -0.39 is 0 Å². The highest BCUT2D eigenvalue weighted by Gasteiger charge is 2.13. The van der Waals surface area contributed by atoms with E-state index in [1.54, 1.807) is 12.1 Å². The van der Waals surface area contributed by atoms with Crippen molar-refractivity contribution in [1.29, 1.82) is 0 Å². The number of halogens is 1. The van der Waals surface area contributed by atoms with Crippen molar-refractivity contribution in [3.05, 3.63) is 70.2 Å². The number of benzene rings is 2. The van der Waals surface area contributed by atoms with Gasteiger partial charge in [0.15, 0.2) is 0 Å². The van der Waals surface area contributed by atoms with Gasteiger partial charge in [0.05, 0.1) is 16.6 Å². The van der Waals surface area contributed by atoms with Crippen molar-refractivity contribution < 1.29 is 4.79 Å². The molecule has 0 aliphatic carbocycles. The van der Waals surface area contributed by atoms with Crippen molar-refractivity contribution in [1.82, 2.24) is 5.32 Å². The number of nitrogens with one attached hydrogen (secondary N) is 1. The van der Waals surface area contributed by atoms with Crippen molar-refractivity contribution in [2.75, 3.05) is 0 Å². The average molecular weight is 274 g/mol. The molecule has 0 heterocycles. The van der Waals surface area contributed by atoms with E-state index in [0.29, 0.717) is 10.6 Å². The van der Waals surface area contributed by atoms with Gasteiger partial charge in [-0.3, -0.25) is 4.79 Å². The van der Waals surface area contributed by atoms with Crippen molar-refractivity contribution in [3.63, 3.8) is 0 Å². The van der Waals surface area contributed by atoms with E-state index >= 15 is 0 Å². The molecule has 3 heteroatoms. The Bertz CT molecular complexity index is 581. The van der Waals surface area contributed by atoms with Crippen molar-refractivity contribution >= 4 is 17.5 Å². The minimum absolute atomic E-state index is 0.0499. The molecule has 19 heavy (non-hydrogen) atoms. The largest absolute Gasteiger partial charge is 0.345 e. The third-order valence-electron chi connectivity index (χ3n) is 3.02. The minimum Gasteiger partial charge on any atom is -0.345 e. The Morgan fingerprint density at radius 3 is 2.47 bits per heavy atom. The van der Waals surface area contributed by atoms with Crippen LogP contribution in [0.25, 0.3) is 0 Å². The molecule has 2 nitrogen and oxygen atoms in total. The van der Waals surface area contributed by atoms with Crippen LogP contribution in [-0.2, 0) is 0 Å². The molecule has 1 N–H and O–H groups in total. The molecule has 1 amide bonds. The summed E-state index contributed by atoms with van der Waals surface area (Å²) >= 11 is 6.09. The van der Waals surface area contributed by atoms with Crippen molar-refractivity contribution in [2.45, 2.75) is 19.9 Å². The second-order valence-corrected chi connectivity index (χ2v) is 5.00. The monoisotopic (exact) mass is 273 g/mol. The summed E-state index contributed by atoms with van der Waals surface area (Å²) in [6.45, 7) is 3.90.